The van der Waals surface area contributed by atoms with Crippen LogP contribution >= 0.6 is 7.26 Å². The van der Waals surface area contributed by atoms with E-state index in [2.05, 4.69) is 97.1 Å². The van der Waals surface area contributed by atoms with Crippen LogP contribution in [-0.2, 0) is 6.16 Å². The maximum absolute atomic E-state index is 9.35. The van der Waals surface area contributed by atoms with Crippen LogP contribution in [0.4, 0.5) is 0 Å². The Morgan fingerprint density at radius 2 is 1.18 bits per heavy atom. The second-order valence-electron chi connectivity index (χ2n) is 7.93. The molecule has 0 aliphatic heterocycles. The van der Waals surface area contributed by atoms with E-state index < -0.39 is 7.26 Å². The lowest BCUT2D eigenvalue weighted by atomic mass is 10.1. The minimum Gasteiger partial charge on any atom is -1.00 e. The molecule has 0 amide bonds. The smallest absolute Gasteiger partial charge is 0.150 e. The van der Waals surface area contributed by atoms with Crippen molar-refractivity contribution in [2.75, 3.05) is 0 Å². The minimum atomic E-state index is -2.04. The van der Waals surface area contributed by atoms with Crippen LogP contribution in [0.15, 0.2) is 114 Å². The lowest BCUT2D eigenvalue weighted by molar-refractivity contribution is -0.00000711. The molecule has 0 unspecified atom stereocenters. The summed E-state index contributed by atoms with van der Waals surface area (Å²) in [6.07, 6.45) is 0.779. The zero-order valence-corrected chi connectivity index (χ0v) is 19.9. The summed E-state index contributed by atoms with van der Waals surface area (Å²) >= 11 is 0. The molecule has 0 aliphatic carbocycles. The van der Waals surface area contributed by atoms with Crippen LogP contribution in [0.1, 0.15) is 17.1 Å². The van der Waals surface area contributed by atoms with Gasteiger partial charge in [0.05, 0.1) is 11.6 Å². The van der Waals surface area contributed by atoms with Crippen LogP contribution in [0.2, 0.25) is 0 Å². The summed E-state index contributed by atoms with van der Waals surface area (Å²) in [4.78, 5) is 0. The van der Waals surface area contributed by atoms with Crippen LogP contribution in [0.25, 0.3) is 10.8 Å². The molecule has 33 heavy (non-hydrogen) atoms. The zero-order chi connectivity index (χ0) is 22.0. The number of benzene rings is 4. The van der Waals surface area contributed by atoms with Crippen molar-refractivity contribution in [2.24, 2.45) is 0 Å². The number of nitriles is 1. The Morgan fingerprint density at radius 3 is 1.64 bits per heavy atom. The molecule has 0 saturated heterocycles. The maximum atomic E-state index is 9.35. The van der Waals surface area contributed by atoms with Gasteiger partial charge in [-0.1, -0.05) is 54.6 Å². The fraction of sp³-hybridized carbons (Fsp3) is 0.0690. The molecule has 0 bridgehead atoms. The van der Waals surface area contributed by atoms with Gasteiger partial charge in [-0.05, 0) is 61.5 Å². The summed E-state index contributed by atoms with van der Waals surface area (Å²) in [7, 11) is -2.04. The van der Waals surface area contributed by atoms with Crippen LogP contribution in [-0.4, -0.2) is 0 Å². The first-order valence-corrected chi connectivity index (χ1v) is 12.7. The van der Waals surface area contributed by atoms with Crippen LogP contribution in [0.5, 0.6) is 0 Å². The van der Waals surface area contributed by atoms with E-state index in [1.54, 1.807) is 0 Å². The van der Waals surface area contributed by atoms with Gasteiger partial charge in [0.25, 0.3) is 0 Å². The van der Waals surface area contributed by atoms with Crippen molar-refractivity contribution in [3.05, 3.63) is 126 Å². The van der Waals surface area contributed by atoms with E-state index in [0.29, 0.717) is 5.56 Å². The summed E-state index contributed by atoms with van der Waals surface area (Å²) in [6, 6.07) is 40.6. The molecule has 0 fully saturated rings. The summed E-state index contributed by atoms with van der Waals surface area (Å²) in [5.74, 6) is 1.84. The third kappa shape index (κ3) is 4.07. The van der Waals surface area contributed by atoms with E-state index in [-0.39, 0.29) is 12.4 Å². The van der Waals surface area contributed by atoms with Crippen molar-refractivity contribution in [3.63, 3.8) is 0 Å². The molecule has 5 rings (SSSR count). The topological polar surface area (TPSA) is 36.9 Å². The molecule has 0 radical (unpaired) electrons. The Kier molecular flexibility index (Phi) is 6.66. The van der Waals surface area contributed by atoms with E-state index in [9.17, 15) is 5.26 Å². The largest absolute Gasteiger partial charge is 1.00 e. The number of fused-ring (bicyclic) bond motifs is 1. The Morgan fingerprint density at radius 1 is 0.697 bits per heavy atom. The van der Waals surface area contributed by atoms with Gasteiger partial charge in [0, 0.05) is 10.8 Å². The van der Waals surface area contributed by atoms with Crippen molar-refractivity contribution in [2.45, 2.75) is 13.1 Å². The Labute approximate surface area is 201 Å². The molecule has 162 valence electrons. The van der Waals surface area contributed by atoms with Gasteiger partial charge < -0.3 is 16.8 Å². The normalized spacial score (nSPS) is 11.0. The fourth-order valence-electron chi connectivity index (χ4n) is 4.54. The standard InChI is InChI=1S/C29H23NOP.ClH/c1-22-28-19-23(20-30)17-18-27(28)29(31-22)21-32(24-11-5-2-6-12-24,25-13-7-3-8-14-25)26-15-9-4-10-16-26;/h2-19H,21H2,1H3;1H/q+1;/p-1. The number of rotatable bonds is 5. The number of aryl methyl sites for hydroxylation is 1. The first-order chi connectivity index (χ1) is 15.7. The maximum Gasteiger partial charge on any atom is 0.150 e. The molecule has 0 saturated carbocycles. The van der Waals surface area contributed by atoms with E-state index in [1.807, 2.05) is 25.1 Å². The van der Waals surface area contributed by atoms with Crippen molar-refractivity contribution in [1.29, 1.82) is 5.26 Å². The van der Waals surface area contributed by atoms with E-state index in [0.717, 1.165) is 28.5 Å². The van der Waals surface area contributed by atoms with Crippen LogP contribution < -0.4 is 28.3 Å². The van der Waals surface area contributed by atoms with Crippen LogP contribution in [0, 0.1) is 18.3 Å². The molecule has 0 atom stereocenters. The lowest BCUT2D eigenvalue weighted by Crippen LogP contribution is -3.00. The van der Waals surface area contributed by atoms with Gasteiger partial charge >= 0.3 is 0 Å². The second-order valence-corrected chi connectivity index (χ2v) is 11.4. The van der Waals surface area contributed by atoms with Gasteiger partial charge in [0.15, 0.2) is 0 Å². The van der Waals surface area contributed by atoms with Crippen molar-refractivity contribution in [3.8, 4) is 6.07 Å². The predicted molar refractivity (Wildman–Crippen MR) is 135 cm³/mol. The minimum absolute atomic E-state index is 0. The Bertz CT molecular complexity index is 1310. The fourth-order valence-corrected chi connectivity index (χ4v) is 8.70. The molecule has 2 nitrogen and oxygen atoms in total. The number of nitrogens with zero attached hydrogens (tertiary/aromatic N) is 1. The molecule has 0 aliphatic rings. The van der Waals surface area contributed by atoms with E-state index in [1.165, 1.54) is 15.9 Å². The second kappa shape index (κ2) is 9.63. The number of halogens is 1. The van der Waals surface area contributed by atoms with Gasteiger partial charge in [-0.2, -0.15) is 5.26 Å². The molecular weight excluding hydrogens is 445 g/mol. The lowest BCUT2D eigenvalue weighted by Gasteiger charge is -2.27. The first kappa shape index (κ1) is 22.8. The van der Waals surface area contributed by atoms with E-state index in [4.69, 9.17) is 4.42 Å². The van der Waals surface area contributed by atoms with Crippen molar-refractivity contribution < 1.29 is 16.8 Å². The molecule has 4 aromatic carbocycles. The third-order valence-electron chi connectivity index (χ3n) is 6.08. The van der Waals surface area contributed by atoms with Crippen molar-refractivity contribution in [1.82, 2.24) is 0 Å². The summed E-state index contributed by atoms with van der Waals surface area (Å²) in [5, 5.41) is 15.4. The summed E-state index contributed by atoms with van der Waals surface area (Å²) in [5.41, 5.74) is 0.656. The average molecular weight is 468 g/mol. The van der Waals surface area contributed by atoms with Gasteiger partial charge in [0.1, 0.15) is 40.9 Å². The average Bonchev–Trinajstić information content (AvgIpc) is 3.18. The van der Waals surface area contributed by atoms with E-state index >= 15 is 0 Å². The molecule has 1 heterocycles. The summed E-state index contributed by atoms with van der Waals surface area (Å²) < 4.78 is 6.40. The SMILES string of the molecule is Cc1oc(C[P+](c2ccccc2)(c2ccccc2)c2ccccc2)c2ccc(C#N)cc12.[Cl-]. The highest BCUT2D eigenvalue weighted by molar-refractivity contribution is 7.95. The number of hydrogen-bond donors (Lipinski definition) is 0. The predicted octanol–water partition coefficient (Wildman–Crippen LogP) is 3.11. The number of furan rings is 1. The van der Waals surface area contributed by atoms with Crippen LogP contribution in [0.3, 0.4) is 0 Å². The quantitative estimate of drug-likeness (QED) is 0.372. The highest BCUT2D eigenvalue weighted by Gasteiger charge is 2.46. The van der Waals surface area contributed by atoms with Gasteiger partial charge in [-0.15, -0.1) is 0 Å². The van der Waals surface area contributed by atoms with Gasteiger partial charge in [0.2, 0.25) is 0 Å². The van der Waals surface area contributed by atoms with Gasteiger partial charge in [-0.25, -0.2) is 0 Å². The molecule has 0 N–H and O–H groups in total. The summed E-state index contributed by atoms with van der Waals surface area (Å²) in [6.45, 7) is 1.99. The number of hydrogen-bond acceptors (Lipinski definition) is 2. The molecule has 4 heteroatoms. The molecule has 1 aromatic heterocycles. The van der Waals surface area contributed by atoms with Gasteiger partial charge in [-0.3, -0.25) is 0 Å². The zero-order valence-electron chi connectivity index (χ0n) is 18.3. The Hall–Kier alpha value is -3.37. The highest BCUT2D eigenvalue weighted by Crippen LogP contribution is 2.59. The molecule has 5 aromatic rings. The molecular formula is C29H23ClNOP. The van der Waals surface area contributed by atoms with Crippen molar-refractivity contribution >= 4 is 33.9 Å². The molecule has 0 spiro atoms. The highest BCUT2D eigenvalue weighted by atomic mass is 35.5. The Balaban J connectivity index is 0.00000259. The third-order valence-corrected chi connectivity index (χ3v) is 10.4. The monoisotopic (exact) mass is 467 g/mol. The first-order valence-electron chi connectivity index (χ1n) is 10.7.